The summed E-state index contributed by atoms with van der Waals surface area (Å²) in [6.45, 7) is 1.79. The van der Waals surface area contributed by atoms with Gasteiger partial charge in [-0.1, -0.05) is 6.07 Å². The Kier molecular flexibility index (Phi) is 3.31. The van der Waals surface area contributed by atoms with E-state index in [9.17, 15) is 14.3 Å². The number of benzene rings is 2. The fraction of sp³-hybridized carbons (Fsp3) is 0.0667. The molecule has 1 heterocycles. The van der Waals surface area contributed by atoms with Crippen LogP contribution in [0.15, 0.2) is 36.5 Å². The SMILES string of the molecule is Cc1ccc(Nc2c(C(=O)O)ccc3sncc23)c(F)c1. The van der Waals surface area contributed by atoms with Gasteiger partial charge in [0.05, 0.1) is 27.8 Å². The van der Waals surface area contributed by atoms with Crippen LogP contribution in [-0.4, -0.2) is 15.4 Å². The summed E-state index contributed by atoms with van der Waals surface area (Å²) in [5.74, 6) is -1.50. The first-order valence-electron chi connectivity index (χ1n) is 6.20. The van der Waals surface area contributed by atoms with Gasteiger partial charge < -0.3 is 10.4 Å². The molecule has 0 saturated heterocycles. The zero-order chi connectivity index (χ0) is 15.0. The smallest absolute Gasteiger partial charge is 0.337 e. The molecular formula is C15H11FN2O2S. The van der Waals surface area contributed by atoms with Gasteiger partial charge in [0.25, 0.3) is 0 Å². The highest BCUT2D eigenvalue weighted by Crippen LogP contribution is 2.33. The van der Waals surface area contributed by atoms with Crippen molar-refractivity contribution < 1.29 is 14.3 Å². The van der Waals surface area contributed by atoms with Gasteiger partial charge in [-0.3, -0.25) is 0 Å². The zero-order valence-electron chi connectivity index (χ0n) is 11.1. The van der Waals surface area contributed by atoms with Gasteiger partial charge in [0.15, 0.2) is 0 Å². The molecule has 4 nitrogen and oxygen atoms in total. The highest BCUT2D eigenvalue weighted by atomic mass is 32.1. The highest BCUT2D eigenvalue weighted by Gasteiger charge is 2.16. The molecule has 0 aliphatic rings. The zero-order valence-corrected chi connectivity index (χ0v) is 11.9. The van der Waals surface area contributed by atoms with E-state index in [1.54, 1.807) is 31.3 Å². The number of hydrogen-bond donors (Lipinski definition) is 2. The minimum absolute atomic E-state index is 0.0858. The van der Waals surface area contributed by atoms with Crippen molar-refractivity contribution in [3.63, 3.8) is 0 Å². The van der Waals surface area contributed by atoms with E-state index in [4.69, 9.17) is 0 Å². The predicted molar refractivity (Wildman–Crippen MR) is 81.0 cm³/mol. The minimum atomic E-state index is -1.07. The number of anilines is 2. The van der Waals surface area contributed by atoms with E-state index >= 15 is 0 Å². The summed E-state index contributed by atoms with van der Waals surface area (Å²) in [7, 11) is 0. The van der Waals surface area contributed by atoms with Crippen LogP contribution in [0, 0.1) is 12.7 Å². The Balaban J connectivity index is 2.16. The number of nitrogens with one attached hydrogen (secondary N) is 1. The summed E-state index contributed by atoms with van der Waals surface area (Å²) in [5, 5.41) is 12.9. The lowest BCUT2D eigenvalue weighted by molar-refractivity contribution is 0.0698. The van der Waals surface area contributed by atoms with Crippen molar-refractivity contribution >= 4 is 39.0 Å². The first-order valence-corrected chi connectivity index (χ1v) is 6.97. The van der Waals surface area contributed by atoms with Crippen LogP contribution in [0.5, 0.6) is 0 Å². The molecule has 106 valence electrons. The Hall–Kier alpha value is -2.47. The molecule has 0 aliphatic heterocycles. The molecule has 3 rings (SSSR count). The van der Waals surface area contributed by atoms with E-state index in [1.165, 1.54) is 23.7 Å². The van der Waals surface area contributed by atoms with Gasteiger partial charge in [0.2, 0.25) is 0 Å². The molecule has 0 aliphatic carbocycles. The van der Waals surface area contributed by atoms with Crippen LogP contribution in [0.25, 0.3) is 10.1 Å². The second kappa shape index (κ2) is 5.14. The van der Waals surface area contributed by atoms with Crippen LogP contribution in [-0.2, 0) is 0 Å². The molecule has 0 fully saturated rings. The maximum Gasteiger partial charge on any atom is 0.337 e. The molecule has 0 radical (unpaired) electrons. The third-order valence-electron chi connectivity index (χ3n) is 3.15. The van der Waals surface area contributed by atoms with Crippen LogP contribution in [0.4, 0.5) is 15.8 Å². The molecule has 3 aromatic rings. The van der Waals surface area contributed by atoms with Gasteiger partial charge in [-0.05, 0) is 48.3 Å². The molecule has 1 aromatic heterocycles. The number of aromatic nitrogens is 1. The molecule has 2 aromatic carbocycles. The van der Waals surface area contributed by atoms with Crippen molar-refractivity contribution in [2.24, 2.45) is 0 Å². The number of aromatic carboxylic acids is 1. The molecular weight excluding hydrogens is 291 g/mol. The quantitative estimate of drug-likeness (QED) is 0.761. The lowest BCUT2D eigenvalue weighted by atomic mass is 10.1. The summed E-state index contributed by atoms with van der Waals surface area (Å²) >= 11 is 1.26. The van der Waals surface area contributed by atoms with E-state index in [-0.39, 0.29) is 11.3 Å². The number of fused-ring (bicyclic) bond motifs is 1. The third-order valence-corrected chi connectivity index (χ3v) is 3.92. The topological polar surface area (TPSA) is 62.2 Å². The third kappa shape index (κ3) is 2.45. The number of nitrogens with zero attached hydrogens (tertiary/aromatic N) is 1. The molecule has 21 heavy (non-hydrogen) atoms. The Morgan fingerprint density at radius 3 is 2.86 bits per heavy atom. The van der Waals surface area contributed by atoms with E-state index in [1.807, 2.05) is 0 Å². The van der Waals surface area contributed by atoms with Crippen molar-refractivity contribution in [3.05, 3.63) is 53.5 Å². The molecule has 0 amide bonds. The van der Waals surface area contributed by atoms with E-state index in [0.717, 1.165) is 10.3 Å². The number of carboxylic acids is 1. The summed E-state index contributed by atoms with van der Waals surface area (Å²) < 4.78 is 18.9. The molecule has 0 saturated carbocycles. The molecule has 0 spiro atoms. The van der Waals surface area contributed by atoms with Gasteiger partial charge >= 0.3 is 5.97 Å². The lowest BCUT2D eigenvalue weighted by Crippen LogP contribution is -2.04. The largest absolute Gasteiger partial charge is 0.478 e. The number of hydrogen-bond acceptors (Lipinski definition) is 4. The molecule has 0 bridgehead atoms. The first-order chi connectivity index (χ1) is 10.1. The van der Waals surface area contributed by atoms with Crippen LogP contribution in [0.1, 0.15) is 15.9 Å². The standard InChI is InChI=1S/C15H11FN2O2S/c1-8-2-4-12(11(16)6-8)18-14-9(15(19)20)3-5-13-10(14)7-17-21-13/h2-7,18H,1H3,(H,19,20). The molecule has 6 heteroatoms. The van der Waals surface area contributed by atoms with Crippen LogP contribution < -0.4 is 5.32 Å². The molecule has 2 N–H and O–H groups in total. The van der Waals surface area contributed by atoms with Crippen molar-refractivity contribution in [2.45, 2.75) is 6.92 Å². The monoisotopic (exact) mass is 302 g/mol. The Morgan fingerprint density at radius 2 is 2.14 bits per heavy atom. The van der Waals surface area contributed by atoms with E-state index in [2.05, 4.69) is 9.69 Å². The molecule has 0 unspecified atom stereocenters. The second-order valence-corrected chi connectivity index (χ2v) is 5.47. The van der Waals surface area contributed by atoms with Crippen molar-refractivity contribution in [1.29, 1.82) is 0 Å². The lowest BCUT2D eigenvalue weighted by Gasteiger charge is -2.12. The van der Waals surface area contributed by atoms with Crippen LogP contribution in [0.3, 0.4) is 0 Å². The van der Waals surface area contributed by atoms with Gasteiger partial charge in [-0.15, -0.1) is 0 Å². The highest BCUT2D eigenvalue weighted by molar-refractivity contribution is 7.13. The number of carbonyl (C=O) groups is 1. The van der Waals surface area contributed by atoms with E-state index < -0.39 is 11.8 Å². The fourth-order valence-corrected chi connectivity index (χ4v) is 2.77. The normalized spacial score (nSPS) is 10.8. The summed E-state index contributed by atoms with van der Waals surface area (Å²) in [6, 6.07) is 7.95. The minimum Gasteiger partial charge on any atom is -0.478 e. The first kappa shape index (κ1) is 13.5. The number of halogens is 1. The summed E-state index contributed by atoms with van der Waals surface area (Å²) in [4.78, 5) is 11.4. The van der Waals surface area contributed by atoms with Crippen molar-refractivity contribution in [1.82, 2.24) is 4.37 Å². The van der Waals surface area contributed by atoms with Crippen LogP contribution in [0.2, 0.25) is 0 Å². The second-order valence-electron chi connectivity index (χ2n) is 4.64. The Labute approximate surface area is 124 Å². The molecule has 0 atom stereocenters. The number of rotatable bonds is 3. The Bertz CT molecular complexity index is 845. The van der Waals surface area contributed by atoms with Gasteiger partial charge in [0, 0.05) is 5.39 Å². The fourth-order valence-electron chi connectivity index (χ4n) is 2.11. The average molecular weight is 302 g/mol. The van der Waals surface area contributed by atoms with Gasteiger partial charge in [-0.25, -0.2) is 9.18 Å². The van der Waals surface area contributed by atoms with E-state index in [0.29, 0.717) is 11.1 Å². The number of carboxylic acid groups (broad SMARTS) is 1. The Morgan fingerprint density at radius 1 is 1.33 bits per heavy atom. The average Bonchev–Trinajstić information content (AvgIpc) is 2.90. The summed E-state index contributed by atoms with van der Waals surface area (Å²) in [5.41, 5.74) is 1.48. The summed E-state index contributed by atoms with van der Waals surface area (Å²) in [6.07, 6.45) is 1.58. The van der Waals surface area contributed by atoms with Gasteiger partial charge in [-0.2, -0.15) is 4.37 Å². The number of aryl methyl sites for hydroxylation is 1. The van der Waals surface area contributed by atoms with Crippen molar-refractivity contribution in [3.8, 4) is 0 Å². The van der Waals surface area contributed by atoms with Gasteiger partial charge in [0.1, 0.15) is 5.82 Å². The predicted octanol–water partition coefficient (Wildman–Crippen LogP) is 4.19. The van der Waals surface area contributed by atoms with Crippen molar-refractivity contribution in [2.75, 3.05) is 5.32 Å². The maximum atomic E-state index is 14.0. The van der Waals surface area contributed by atoms with Crippen LogP contribution >= 0.6 is 11.5 Å². The maximum absolute atomic E-state index is 14.0.